The molecule has 0 aromatic rings. The number of esters is 4. The molecule has 0 aliphatic heterocycles. The standard InChI is InChI=1S/2C9H12F2O4/c2*1-14-7(12)5-3-9(10,11)4-6(5)8(13)15-2/h2*5-6H,3-4H2,1-2H3/t2*5-,6-/m10/s1. The lowest BCUT2D eigenvalue weighted by atomic mass is 9.96. The molecule has 0 spiro atoms. The molecule has 0 radical (unpaired) electrons. The van der Waals surface area contributed by atoms with E-state index in [0.717, 1.165) is 28.4 Å². The quantitative estimate of drug-likeness (QED) is 0.368. The van der Waals surface area contributed by atoms with Gasteiger partial charge in [0, 0.05) is 25.7 Å². The first-order valence-corrected chi connectivity index (χ1v) is 8.89. The smallest absolute Gasteiger partial charge is 0.309 e. The summed E-state index contributed by atoms with van der Waals surface area (Å²) in [5.41, 5.74) is 0. The normalized spacial score (nSPS) is 28.5. The highest BCUT2D eigenvalue weighted by Crippen LogP contribution is 2.45. The number of carbonyl (C=O) groups is 4. The van der Waals surface area contributed by atoms with Crippen LogP contribution in [0.5, 0.6) is 0 Å². The van der Waals surface area contributed by atoms with Crippen LogP contribution in [0.4, 0.5) is 17.6 Å². The second-order valence-corrected chi connectivity index (χ2v) is 7.05. The molecule has 12 heteroatoms. The predicted octanol–water partition coefficient (Wildman–Crippen LogP) is 1.99. The van der Waals surface area contributed by atoms with E-state index in [1.165, 1.54) is 0 Å². The van der Waals surface area contributed by atoms with E-state index in [4.69, 9.17) is 0 Å². The minimum Gasteiger partial charge on any atom is -0.469 e. The summed E-state index contributed by atoms with van der Waals surface area (Å²) >= 11 is 0. The number of hydrogen-bond acceptors (Lipinski definition) is 8. The molecule has 8 nitrogen and oxygen atoms in total. The molecule has 0 amide bonds. The van der Waals surface area contributed by atoms with Gasteiger partial charge in [-0.1, -0.05) is 0 Å². The first kappa shape index (κ1) is 25.6. The number of halogens is 4. The lowest BCUT2D eigenvalue weighted by Crippen LogP contribution is -2.27. The van der Waals surface area contributed by atoms with Gasteiger partial charge in [-0.05, 0) is 0 Å². The van der Waals surface area contributed by atoms with E-state index in [-0.39, 0.29) is 0 Å². The number of ether oxygens (including phenoxy) is 4. The van der Waals surface area contributed by atoms with Gasteiger partial charge in [0.05, 0.1) is 52.1 Å². The maximum atomic E-state index is 13.0. The van der Waals surface area contributed by atoms with Crippen molar-refractivity contribution >= 4 is 23.9 Å². The molecule has 2 fully saturated rings. The van der Waals surface area contributed by atoms with Crippen molar-refractivity contribution in [2.45, 2.75) is 37.5 Å². The molecule has 0 aromatic heterocycles. The molecule has 2 aliphatic carbocycles. The van der Waals surface area contributed by atoms with Crippen LogP contribution in [0.1, 0.15) is 25.7 Å². The lowest BCUT2D eigenvalue weighted by molar-refractivity contribution is -0.156. The summed E-state index contributed by atoms with van der Waals surface area (Å²) in [6.07, 6.45) is -2.61. The SMILES string of the molecule is COC(=O)[C@@H]1CC(F)(F)C[C@H]1C(=O)OC.COC(=O)[C@H]1CC(F)(F)C[C@@H]1C(=O)OC. The zero-order chi connectivity index (χ0) is 23.3. The average Bonchev–Trinajstić information content (AvgIpc) is 3.21. The predicted molar refractivity (Wildman–Crippen MR) is 90.4 cm³/mol. The molecular formula is C18H24F4O8. The van der Waals surface area contributed by atoms with E-state index in [0.29, 0.717) is 0 Å². The molecule has 4 atom stereocenters. The summed E-state index contributed by atoms with van der Waals surface area (Å²) in [4.78, 5) is 44.7. The zero-order valence-electron chi connectivity index (χ0n) is 16.9. The van der Waals surface area contributed by atoms with Crippen LogP contribution in [0.2, 0.25) is 0 Å². The summed E-state index contributed by atoms with van der Waals surface area (Å²) in [6.45, 7) is 0. The molecule has 0 aromatic carbocycles. The number of hydrogen-bond donors (Lipinski definition) is 0. The van der Waals surface area contributed by atoms with E-state index in [1.807, 2.05) is 0 Å². The fourth-order valence-electron chi connectivity index (χ4n) is 3.62. The number of carbonyl (C=O) groups excluding carboxylic acids is 4. The molecule has 172 valence electrons. The Morgan fingerprint density at radius 1 is 0.533 bits per heavy atom. The number of methoxy groups -OCH3 is 4. The third kappa shape index (κ3) is 6.30. The van der Waals surface area contributed by atoms with Crippen LogP contribution in [-0.4, -0.2) is 64.2 Å². The van der Waals surface area contributed by atoms with Gasteiger partial charge in [-0.15, -0.1) is 0 Å². The molecule has 0 unspecified atom stereocenters. The molecule has 30 heavy (non-hydrogen) atoms. The summed E-state index contributed by atoms with van der Waals surface area (Å²) in [5.74, 6) is -13.6. The molecule has 0 N–H and O–H groups in total. The maximum absolute atomic E-state index is 13.0. The highest BCUT2D eigenvalue weighted by atomic mass is 19.3. The fourth-order valence-corrected chi connectivity index (χ4v) is 3.62. The van der Waals surface area contributed by atoms with Crippen molar-refractivity contribution in [1.29, 1.82) is 0 Å². The van der Waals surface area contributed by atoms with Crippen molar-refractivity contribution in [3.05, 3.63) is 0 Å². The summed E-state index contributed by atoms with van der Waals surface area (Å²) in [5, 5.41) is 0. The van der Waals surface area contributed by atoms with Crippen LogP contribution in [0.25, 0.3) is 0 Å². The Labute approximate surface area is 170 Å². The Bertz CT molecular complexity index is 559. The van der Waals surface area contributed by atoms with Crippen molar-refractivity contribution in [1.82, 2.24) is 0 Å². The van der Waals surface area contributed by atoms with E-state index < -0.39 is 85.1 Å². The first-order valence-electron chi connectivity index (χ1n) is 8.89. The average molecular weight is 444 g/mol. The maximum Gasteiger partial charge on any atom is 0.309 e. The van der Waals surface area contributed by atoms with E-state index in [1.54, 1.807) is 0 Å². The van der Waals surface area contributed by atoms with E-state index in [9.17, 15) is 36.7 Å². The topological polar surface area (TPSA) is 105 Å². The van der Waals surface area contributed by atoms with Crippen LogP contribution in [0.3, 0.4) is 0 Å². The van der Waals surface area contributed by atoms with Gasteiger partial charge in [0.1, 0.15) is 0 Å². The monoisotopic (exact) mass is 444 g/mol. The van der Waals surface area contributed by atoms with Crippen LogP contribution >= 0.6 is 0 Å². The second kappa shape index (κ2) is 10.1. The minimum atomic E-state index is -3.00. The molecule has 2 aliphatic rings. The zero-order valence-corrected chi connectivity index (χ0v) is 16.9. The lowest BCUT2D eigenvalue weighted by Gasteiger charge is -2.13. The highest BCUT2D eigenvalue weighted by Gasteiger charge is 2.54. The largest absolute Gasteiger partial charge is 0.469 e. The van der Waals surface area contributed by atoms with Crippen molar-refractivity contribution in [3.8, 4) is 0 Å². The Hall–Kier alpha value is -2.40. The molecular weight excluding hydrogens is 420 g/mol. The molecule has 2 rings (SSSR count). The van der Waals surface area contributed by atoms with Crippen molar-refractivity contribution in [2.24, 2.45) is 23.7 Å². The van der Waals surface area contributed by atoms with Gasteiger partial charge < -0.3 is 18.9 Å². The Balaban J connectivity index is 0.000000300. The molecule has 0 saturated heterocycles. The molecule has 0 heterocycles. The van der Waals surface area contributed by atoms with Crippen LogP contribution in [0, 0.1) is 23.7 Å². The Kier molecular flexibility index (Phi) is 8.61. The van der Waals surface area contributed by atoms with Gasteiger partial charge in [0.2, 0.25) is 11.8 Å². The van der Waals surface area contributed by atoms with Gasteiger partial charge in [-0.3, -0.25) is 19.2 Å². The van der Waals surface area contributed by atoms with E-state index >= 15 is 0 Å². The minimum absolute atomic E-state index is 0.653. The van der Waals surface area contributed by atoms with Crippen LogP contribution < -0.4 is 0 Å². The van der Waals surface area contributed by atoms with Crippen LogP contribution in [-0.2, 0) is 38.1 Å². The van der Waals surface area contributed by atoms with Gasteiger partial charge in [0.25, 0.3) is 0 Å². The van der Waals surface area contributed by atoms with Crippen molar-refractivity contribution < 1.29 is 55.7 Å². The third-order valence-corrected chi connectivity index (χ3v) is 5.06. The van der Waals surface area contributed by atoms with Gasteiger partial charge in [0.15, 0.2) is 0 Å². The van der Waals surface area contributed by atoms with Gasteiger partial charge in [-0.2, -0.15) is 0 Å². The van der Waals surface area contributed by atoms with Crippen molar-refractivity contribution in [2.75, 3.05) is 28.4 Å². The molecule has 2 saturated carbocycles. The Morgan fingerprint density at radius 2 is 0.700 bits per heavy atom. The third-order valence-electron chi connectivity index (χ3n) is 5.06. The van der Waals surface area contributed by atoms with Crippen molar-refractivity contribution in [3.63, 3.8) is 0 Å². The van der Waals surface area contributed by atoms with Crippen LogP contribution in [0.15, 0.2) is 0 Å². The molecule has 0 bridgehead atoms. The Morgan fingerprint density at radius 3 is 0.833 bits per heavy atom. The number of rotatable bonds is 4. The van der Waals surface area contributed by atoms with Gasteiger partial charge >= 0.3 is 23.9 Å². The highest BCUT2D eigenvalue weighted by molar-refractivity contribution is 5.83. The first-order chi connectivity index (χ1) is 13.8. The fraction of sp³-hybridized carbons (Fsp3) is 0.778. The summed E-state index contributed by atoms with van der Waals surface area (Å²) in [6, 6.07) is 0. The second-order valence-electron chi connectivity index (χ2n) is 7.05. The summed E-state index contributed by atoms with van der Waals surface area (Å²) in [7, 11) is 4.42. The van der Waals surface area contributed by atoms with E-state index in [2.05, 4.69) is 18.9 Å². The summed E-state index contributed by atoms with van der Waals surface area (Å²) < 4.78 is 69.6. The van der Waals surface area contributed by atoms with Gasteiger partial charge in [-0.25, -0.2) is 17.6 Å². The number of alkyl halides is 4.